The molecule has 0 saturated carbocycles. The molecule has 94 valence electrons. The summed E-state index contributed by atoms with van der Waals surface area (Å²) in [5, 5.41) is 6.87. The van der Waals surface area contributed by atoms with Crippen LogP contribution in [0.15, 0.2) is 34.5 Å². The van der Waals surface area contributed by atoms with Gasteiger partial charge in [-0.25, -0.2) is 4.98 Å². The number of nitrogens with zero attached hydrogens (tertiary/aromatic N) is 1. The molecular weight excluding hydrogens is 260 g/mol. The predicted octanol–water partition coefficient (Wildman–Crippen LogP) is 3.41. The fraction of sp³-hybridized carbons (Fsp3) is 0.357. The van der Waals surface area contributed by atoms with Crippen molar-refractivity contribution < 1.29 is 0 Å². The number of thioether (sulfide) groups is 1. The molecule has 18 heavy (non-hydrogen) atoms. The largest absolute Gasteiger partial charge is 0.305 e. The maximum absolute atomic E-state index is 4.72. The van der Waals surface area contributed by atoms with E-state index < -0.39 is 0 Å². The molecule has 1 aromatic heterocycles. The Hall–Kier alpha value is -0.840. The van der Waals surface area contributed by atoms with E-state index in [1.165, 1.54) is 15.5 Å². The monoisotopic (exact) mass is 276 g/mol. The van der Waals surface area contributed by atoms with Crippen LogP contribution in [0, 0.1) is 6.92 Å². The lowest BCUT2D eigenvalue weighted by Crippen LogP contribution is -2.43. The minimum atomic E-state index is -0.0965. The van der Waals surface area contributed by atoms with E-state index in [4.69, 9.17) is 4.98 Å². The Balaban J connectivity index is 2.18. The molecule has 0 spiro atoms. The minimum Gasteiger partial charge on any atom is -0.305 e. The Labute approximate surface area is 116 Å². The van der Waals surface area contributed by atoms with Crippen molar-refractivity contribution in [3.8, 4) is 0 Å². The number of benzene rings is 1. The van der Waals surface area contributed by atoms with Crippen LogP contribution in [0.2, 0.25) is 0 Å². The van der Waals surface area contributed by atoms with Crippen molar-refractivity contribution in [2.45, 2.75) is 23.8 Å². The van der Waals surface area contributed by atoms with Crippen molar-refractivity contribution in [3.63, 3.8) is 0 Å². The molecule has 2 aromatic rings. The lowest BCUT2D eigenvalue weighted by atomic mass is 9.87. The fourth-order valence-electron chi connectivity index (χ4n) is 2.53. The van der Waals surface area contributed by atoms with E-state index in [-0.39, 0.29) is 5.54 Å². The Morgan fingerprint density at radius 1 is 1.33 bits per heavy atom. The summed E-state index contributed by atoms with van der Waals surface area (Å²) >= 11 is 3.70. The van der Waals surface area contributed by atoms with Gasteiger partial charge in [0.05, 0.1) is 5.54 Å². The van der Waals surface area contributed by atoms with Gasteiger partial charge in [-0.3, -0.25) is 0 Å². The highest BCUT2D eigenvalue weighted by molar-refractivity contribution is 7.99. The van der Waals surface area contributed by atoms with Crippen LogP contribution < -0.4 is 5.32 Å². The van der Waals surface area contributed by atoms with Gasteiger partial charge >= 0.3 is 0 Å². The second-order valence-corrected chi connectivity index (χ2v) is 6.54. The highest BCUT2D eigenvalue weighted by Crippen LogP contribution is 2.44. The molecule has 1 aliphatic heterocycles. The quantitative estimate of drug-likeness (QED) is 0.910. The number of nitrogens with one attached hydrogen (secondary N) is 1. The lowest BCUT2D eigenvalue weighted by Gasteiger charge is -2.37. The normalized spacial score (nSPS) is 22.8. The van der Waals surface area contributed by atoms with E-state index >= 15 is 0 Å². The zero-order valence-electron chi connectivity index (χ0n) is 10.6. The standard InChI is InChI=1S/C14H16N2S2/c1-10-9-18-13(16-10)14(15-2)7-8-17-12-6-4-3-5-11(12)14/h3-6,9,15H,7-8H2,1-2H3. The molecule has 1 unspecified atom stereocenters. The lowest BCUT2D eigenvalue weighted by molar-refractivity contribution is 0.411. The molecule has 3 rings (SSSR count). The molecular formula is C14H16N2S2. The number of aromatic nitrogens is 1. The molecule has 1 aliphatic rings. The summed E-state index contributed by atoms with van der Waals surface area (Å²) in [5.74, 6) is 1.14. The number of fused-ring (bicyclic) bond motifs is 1. The number of rotatable bonds is 2. The number of hydrogen-bond acceptors (Lipinski definition) is 4. The van der Waals surface area contributed by atoms with Crippen molar-refractivity contribution in [1.82, 2.24) is 10.3 Å². The third-order valence-corrected chi connectivity index (χ3v) is 5.69. The third kappa shape index (κ3) is 1.79. The maximum atomic E-state index is 4.72. The first-order chi connectivity index (χ1) is 8.76. The Bertz CT molecular complexity index is 564. The zero-order valence-corrected chi connectivity index (χ0v) is 12.2. The molecule has 1 N–H and O–H groups in total. The minimum absolute atomic E-state index is 0.0965. The second kappa shape index (κ2) is 4.68. The van der Waals surface area contributed by atoms with Crippen LogP contribution in [-0.2, 0) is 5.54 Å². The van der Waals surface area contributed by atoms with Crippen molar-refractivity contribution in [2.75, 3.05) is 12.8 Å². The maximum Gasteiger partial charge on any atom is 0.118 e. The molecule has 1 aromatic carbocycles. The summed E-state index contributed by atoms with van der Waals surface area (Å²) in [6.45, 7) is 2.06. The van der Waals surface area contributed by atoms with E-state index in [1.807, 2.05) is 18.8 Å². The number of thiazole rings is 1. The Kier molecular flexibility index (Phi) is 3.18. The van der Waals surface area contributed by atoms with Crippen molar-refractivity contribution in [3.05, 3.63) is 45.9 Å². The Morgan fingerprint density at radius 3 is 2.89 bits per heavy atom. The van der Waals surface area contributed by atoms with Crippen LogP contribution >= 0.6 is 23.1 Å². The van der Waals surface area contributed by atoms with Crippen LogP contribution in [0.5, 0.6) is 0 Å². The molecule has 2 nitrogen and oxygen atoms in total. The van der Waals surface area contributed by atoms with Crippen molar-refractivity contribution in [1.29, 1.82) is 0 Å². The van der Waals surface area contributed by atoms with E-state index in [0.717, 1.165) is 17.9 Å². The van der Waals surface area contributed by atoms with Gasteiger partial charge in [0.2, 0.25) is 0 Å². The first-order valence-electron chi connectivity index (χ1n) is 6.10. The average Bonchev–Trinajstić information content (AvgIpc) is 2.85. The van der Waals surface area contributed by atoms with Gasteiger partial charge in [0.1, 0.15) is 5.01 Å². The number of hydrogen-bond donors (Lipinski definition) is 1. The van der Waals surface area contributed by atoms with Crippen molar-refractivity contribution >= 4 is 23.1 Å². The molecule has 0 radical (unpaired) electrons. The molecule has 0 bridgehead atoms. The second-order valence-electron chi connectivity index (χ2n) is 4.54. The average molecular weight is 276 g/mol. The highest BCUT2D eigenvalue weighted by Gasteiger charge is 2.39. The van der Waals surface area contributed by atoms with Crippen LogP contribution in [0.3, 0.4) is 0 Å². The van der Waals surface area contributed by atoms with Crippen molar-refractivity contribution in [2.24, 2.45) is 0 Å². The summed E-state index contributed by atoms with van der Waals surface area (Å²) in [4.78, 5) is 6.10. The van der Waals surface area contributed by atoms with Gasteiger partial charge < -0.3 is 5.32 Å². The fourth-order valence-corrected chi connectivity index (χ4v) is 4.78. The first-order valence-corrected chi connectivity index (χ1v) is 7.96. The highest BCUT2D eigenvalue weighted by atomic mass is 32.2. The summed E-state index contributed by atoms with van der Waals surface area (Å²) in [5.41, 5.74) is 2.39. The zero-order chi connectivity index (χ0) is 12.6. The van der Waals surface area contributed by atoms with E-state index in [1.54, 1.807) is 11.3 Å². The van der Waals surface area contributed by atoms with Gasteiger partial charge in [0.15, 0.2) is 0 Å². The van der Waals surface area contributed by atoms with Crippen LogP contribution in [0.25, 0.3) is 0 Å². The predicted molar refractivity (Wildman–Crippen MR) is 78.5 cm³/mol. The summed E-state index contributed by atoms with van der Waals surface area (Å²) in [6.07, 6.45) is 1.10. The molecule has 0 saturated heterocycles. The smallest absolute Gasteiger partial charge is 0.118 e. The van der Waals surface area contributed by atoms with Gasteiger partial charge in [-0.15, -0.1) is 23.1 Å². The summed E-state index contributed by atoms with van der Waals surface area (Å²) in [6, 6.07) is 8.68. The number of aryl methyl sites for hydroxylation is 1. The third-order valence-electron chi connectivity index (χ3n) is 3.49. The van der Waals surface area contributed by atoms with Gasteiger partial charge in [-0.1, -0.05) is 18.2 Å². The SMILES string of the molecule is CNC1(c2nc(C)cs2)CCSc2ccccc21. The van der Waals surface area contributed by atoms with Crippen LogP contribution in [0.1, 0.15) is 22.7 Å². The van der Waals surface area contributed by atoms with Gasteiger partial charge in [0.25, 0.3) is 0 Å². The molecule has 0 aliphatic carbocycles. The summed E-state index contributed by atoms with van der Waals surface area (Å²) < 4.78 is 0. The van der Waals surface area contributed by atoms with Crippen LogP contribution in [0.4, 0.5) is 0 Å². The molecule has 2 heterocycles. The van der Waals surface area contributed by atoms with E-state index in [0.29, 0.717) is 0 Å². The van der Waals surface area contributed by atoms with Crippen LogP contribution in [-0.4, -0.2) is 17.8 Å². The topological polar surface area (TPSA) is 24.9 Å². The van der Waals surface area contributed by atoms with Gasteiger partial charge in [-0.2, -0.15) is 0 Å². The van der Waals surface area contributed by atoms with Gasteiger partial charge in [-0.05, 0) is 32.0 Å². The first kappa shape index (κ1) is 12.2. The van der Waals surface area contributed by atoms with Gasteiger partial charge in [0, 0.05) is 21.7 Å². The molecule has 0 amide bonds. The summed E-state index contributed by atoms with van der Waals surface area (Å²) in [7, 11) is 2.05. The molecule has 4 heteroatoms. The molecule has 0 fully saturated rings. The Morgan fingerprint density at radius 2 is 2.17 bits per heavy atom. The molecule has 1 atom stereocenters. The van der Waals surface area contributed by atoms with E-state index in [9.17, 15) is 0 Å². The van der Waals surface area contributed by atoms with E-state index in [2.05, 4.69) is 41.9 Å².